The molecule has 7 nitrogen and oxygen atoms in total. The Morgan fingerprint density at radius 2 is 1.82 bits per heavy atom. The van der Waals surface area contributed by atoms with Crippen molar-refractivity contribution >= 4 is 69.0 Å². The highest BCUT2D eigenvalue weighted by molar-refractivity contribution is 8.26. The molecule has 0 atom stereocenters. The van der Waals surface area contributed by atoms with E-state index < -0.39 is 0 Å². The zero-order chi connectivity index (χ0) is 24.0. The molecule has 2 saturated heterocycles. The summed E-state index contributed by atoms with van der Waals surface area (Å²) in [5.41, 5.74) is 2.78. The number of nitrogens with zero attached hydrogens (tertiary/aromatic N) is 5. The lowest BCUT2D eigenvalue weighted by Crippen LogP contribution is -2.47. The fourth-order valence-electron chi connectivity index (χ4n) is 4.19. The topological polar surface area (TPSA) is 61.2 Å². The van der Waals surface area contributed by atoms with E-state index in [-0.39, 0.29) is 11.5 Å². The van der Waals surface area contributed by atoms with E-state index in [4.69, 9.17) is 28.8 Å². The van der Waals surface area contributed by atoms with Crippen LogP contribution in [0.2, 0.25) is 5.02 Å². The average Bonchev–Trinajstić information content (AvgIpc) is 3.08. The van der Waals surface area contributed by atoms with E-state index in [2.05, 4.69) is 9.80 Å². The lowest BCUT2D eigenvalue weighted by molar-refractivity contribution is -0.121. The summed E-state index contributed by atoms with van der Waals surface area (Å²) >= 11 is 12.6. The van der Waals surface area contributed by atoms with Crippen LogP contribution in [0.25, 0.3) is 11.7 Å². The SMILES string of the molecule is Cc1cccn2c(=O)c(/C=C3\SC(=S)N(C)C3=O)c(N3CCN(c4cccc(Cl)c4)CC3)nc12. The minimum absolute atomic E-state index is 0.206. The number of halogens is 1. The molecule has 0 N–H and O–H groups in total. The van der Waals surface area contributed by atoms with Crippen molar-refractivity contribution in [2.24, 2.45) is 0 Å². The Morgan fingerprint density at radius 3 is 2.50 bits per heavy atom. The summed E-state index contributed by atoms with van der Waals surface area (Å²) in [4.78, 5) is 37.4. The molecule has 2 aliphatic heterocycles. The van der Waals surface area contributed by atoms with E-state index in [1.54, 1.807) is 23.7 Å². The summed E-state index contributed by atoms with van der Waals surface area (Å²) in [5, 5.41) is 0.704. The van der Waals surface area contributed by atoms with Gasteiger partial charge in [-0.3, -0.25) is 18.9 Å². The van der Waals surface area contributed by atoms with Gasteiger partial charge in [0, 0.05) is 50.1 Å². The van der Waals surface area contributed by atoms with Crippen LogP contribution < -0.4 is 15.4 Å². The zero-order valence-corrected chi connectivity index (χ0v) is 21.1. The number of carbonyl (C=O) groups is 1. The first-order valence-electron chi connectivity index (χ1n) is 10.8. The largest absolute Gasteiger partial charge is 0.368 e. The molecule has 3 aromatic rings. The second-order valence-electron chi connectivity index (χ2n) is 8.23. The van der Waals surface area contributed by atoms with Crippen molar-refractivity contribution in [2.45, 2.75) is 6.92 Å². The van der Waals surface area contributed by atoms with Gasteiger partial charge in [0.15, 0.2) is 0 Å². The summed E-state index contributed by atoms with van der Waals surface area (Å²) in [5.74, 6) is 0.381. The van der Waals surface area contributed by atoms with Gasteiger partial charge in [-0.1, -0.05) is 47.7 Å². The first kappa shape index (κ1) is 22.9. The van der Waals surface area contributed by atoms with Gasteiger partial charge >= 0.3 is 0 Å². The monoisotopic (exact) mass is 511 g/mol. The first-order valence-corrected chi connectivity index (χ1v) is 12.4. The summed E-state index contributed by atoms with van der Waals surface area (Å²) < 4.78 is 2.01. The number of hydrogen-bond acceptors (Lipinski definition) is 7. The summed E-state index contributed by atoms with van der Waals surface area (Å²) in [6.45, 7) is 4.80. The van der Waals surface area contributed by atoms with Crippen molar-refractivity contribution in [1.82, 2.24) is 14.3 Å². The third-order valence-corrected chi connectivity index (χ3v) is 7.80. The molecular weight excluding hydrogens is 490 g/mol. The van der Waals surface area contributed by atoms with Crippen LogP contribution in [0.3, 0.4) is 0 Å². The number of thioether (sulfide) groups is 1. The average molecular weight is 512 g/mol. The van der Waals surface area contributed by atoms with Gasteiger partial charge in [0.05, 0.1) is 10.5 Å². The van der Waals surface area contributed by atoms with Crippen molar-refractivity contribution < 1.29 is 4.79 Å². The molecule has 0 spiro atoms. The molecule has 2 aromatic heterocycles. The molecule has 0 bridgehead atoms. The molecule has 0 aliphatic carbocycles. The van der Waals surface area contributed by atoms with Gasteiger partial charge in [0.2, 0.25) is 0 Å². The number of fused-ring (bicyclic) bond motifs is 1. The molecule has 10 heteroatoms. The van der Waals surface area contributed by atoms with E-state index in [1.807, 2.05) is 43.3 Å². The van der Waals surface area contributed by atoms with Crippen molar-refractivity contribution in [3.8, 4) is 0 Å². The second-order valence-corrected chi connectivity index (χ2v) is 10.3. The standard InChI is InChI=1S/C24H22ClN5O2S2/c1-15-5-4-8-30-20(15)26-21(18(22(30)31)14-19-23(32)27(2)24(33)34-19)29-11-9-28(10-12-29)17-7-3-6-16(25)13-17/h3-8,13-14H,9-12H2,1-2H3/b19-14-. The number of aromatic nitrogens is 2. The number of hydrogen-bond donors (Lipinski definition) is 0. The van der Waals surface area contributed by atoms with E-state index >= 15 is 0 Å². The van der Waals surface area contributed by atoms with Crippen LogP contribution in [0.1, 0.15) is 11.1 Å². The quantitative estimate of drug-likeness (QED) is 0.391. The van der Waals surface area contributed by atoms with E-state index in [0.717, 1.165) is 24.3 Å². The van der Waals surface area contributed by atoms with Crippen molar-refractivity contribution in [3.05, 3.63) is 74.0 Å². The highest BCUT2D eigenvalue weighted by atomic mass is 35.5. The molecule has 34 heavy (non-hydrogen) atoms. The Labute approximate surface area is 211 Å². The number of carbonyl (C=O) groups excluding carboxylic acids is 1. The third kappa shape index (κ3) is 4.08. The minimum atomic E-state index is -0.208. The molecule has 2 fully saturated rings. The molecule has 4 heterocycles. The second kappa shape index (κ2) is 9.05. The predicted molar refractivity (Wildman–Crippen MR) is 143 cm³/mol. The third-order valence-electron chi connectivity index (χ3n) is 6.08. The van der Waals surface area contributed by atoms with Gasteiger partial charge in [-0.2, -0.15) is 0 Å². The van der Waals surface area contributed by atoms with Gasteiger partial charge in [-0.25, -0.2) is 4.98 Å². The van der Waals surface area contributed by atoms with Crippen LogP contribution in [-0.2, 0) is 4.79 Å². The van der Waals surface area contributed by atoms with E-state index in [9.17, 15) is 9.59 Å². The molecule has 0 radical (unpaired) electrons. The van der Waals surface area contributed by atoms with Gasteiger partial charge in [0.1, 0.15) is 15.8 Å². The first-order chi connectivity index (χ1) is 16.3. The van der Waals surface area contributed by atoms with Crippen LogP contribution >= 0.6 is 35.6 Å². The van der Waals surface area contributed by atoms with Crippen LogP contribution in [0.4, 0.5) is 11.5 Å². The highest BCUT2D eigenvalue weighted by Crippen LogP contribution is 2.33. The fraction of sp³-hybridized carbons (Fsp3) is 0.250. The Kier molecular flexibility index (Phi) is 6.09. The van der Waals surface area contributed by atoms with Gasteiger partial charge in [-0.15, -0.1) is 0 Å². The number of thiocarbonyl (C=S) groups is 1. The van der Waals surface area contributed by atoms with Crippen molar-refractivity contribution in [3.63, 3.8) is 0 Å². The molecule has 2 aliphatic rings. The Balaban J connectivity index is 1.56. The smallest absolute Gasteiger partial charge is 0.267 e. The van der Waals surface area contributed by atoms with Crippen LogP contribution in [-0.4, -0.2) is 57.7 Å². The Hall–Kier alpha value is -2.88. The maximum atomic E-state index is 13.6. The molecule has 1 aromatic carbocycles. The Morgan fingerprint density at radius 1 is 1.09 bits per heavy atom. The number of likely N-dealkylation sites (N-methyl/N-ethyl adjacent to an activating group) is 1. The number of amides is 1. The van der Waals surface area contributed by atoms with Gasteiger partial charge < -0.3 is 9.80 Å². The lowest BCUT2D eigenvalue weighted by Gasteiger charge is -2.37. The predicted octanol–water partition coefficient (Wildman–Crippen LogP) is 3.81. The molecule has 1 amide bonds. The summed E-state index contributed by atoms with van der Waals surface area (Å²) in [7, 11) is 1.64. The number of pyridine rings is 1. The van der Waals surface area contributed by atoms with Crippen LogP contribution in [0.15, 0.2) is 52.3 Å². The van der Waals surface area contributed by atoms with Gasteiger partial charge in [0.25, 0.3) is 11.5 Å². The van der Waals surface area contributed by atoms with Gasteiger partial charge in [-0.05, 0) is 42.8 Å². The number of benzene rings is 1. The molecule has 0 saturated carbocycles. The summed E-state index contributed by atoms with van der Waals surface area (Å²) in [6.07, 6.45) is 3.35. The van der Waals surface area contributed by atoms with Crippen molar-refractivity contribution in [2.75, 3.05) is 43.0 Å². The maximum absolute atomic E-state index is 13.6. The van der Waals surface area contributed by atoms with Crippen LogP contribution in [0.5, 0.6) is 0 Å². The number of aryl methyl sites for hydroxylation is 1. The number of anilines is 2. The lowest BCUT2D eigenvalue weighted by atomic mass is 10.2. The van der Waals surface area contributed by atoms with Crippen LogP contribution in [0, 0.1) is 6.92 Å². The molecule has 0 unspecified atom stereocenters. The summed E-state index contributed by atoms with van der Waals surface area (Å²) in [6, 6.07) is 11.6. The Bertz CT molecular complexity index is 1410. The molecule has 5 rings (SSSR count). The molecule has 174 valence electrons. The van der Waals surface area contributed by atoms with Crippen molar-refractivity contribution in [1.29, 1.82) is 0 Å². The van der Waals surface area contributed by atoms with E-state index in [0.29, 0.717) is 44.4 Å². The highest BCUT2D eigenvalue weighted by Gasteiger charge is 2.30. The fourth-order valence-corrected chi connectivity index (χ4v) is 5.54. The molecular formula is C24H22ClN5O2S2. The normalized spacial score (nSPS) is 18.0. The number of piperazine rings is 1. The maximum Gasteiger partial charge on any atom is 0.267 e. The zero-order valence-electron chi connectivity index (χ0n) is 18.7. The minimum Gasteiger partial charge on any atom is -0.368 e. The van der Waals surface area contributed by atoms with E-state index in [1.165, 1.54) is 16.7 Å². The number of rotatable bonds is 3.